The van der Waals surface area contributed by atoms with Crippen molar-refractivity contribution in [2.75, 3.05) is 9.80 Å². The number of alkyl halides is 6. The first-order valence-corrected chi connectivity index (χ1v) is 13.8. The van der Waals surface area contributed by atoms with Crippen LogP contribution in [0.2, 0.25) is 0 Å². The zero-order valence-corrected chi connectivity index (χ0v) is 24.0. The molecule has 8 nitrogen and oxygen atoms in total. The Labute approximate surface area is 266 Å². The van der Waals surface area contributed by atoms with Crippen LogP contribution >= 0.6 is 0 Å². The van der Waals surface area contributed by atoms with Gasteiger partial charge < -0.3 is 9.47 Å². The van der Waals surface area contributed by atoms with Gasteiger partial charge in [0.1, 0.15) is 34.1 Å². The van der Waals surface area contributed by atoms with Crippen LogP contribution in [0.3, 0.4) is 0 Å². The minimum atomic E-state index is -4.87. The van der Waals surface area contributed by atoms with Gasteiger partial charge in [0.25, 0.3) is 23.6 Å². The molecule has 4 aromatic rings. The van der Waals surface area contributed by atoms with Gasteiger partial charge in [-0.3, -0.25) is 19.2 Å². The van der Waals surface area contributed by atoms with Crippen LogP contribution in [0, 0.1) is 0 Å². The molecule has 0 N–H and O–H groups in total. The fourth-order valence-electron chi connectivity index (χ4n) is 4.93. The second kappa shape index (κ2) is 11.9. The van der Waals surface area contributed by atoms with Crippen LogP contribution in [0.1, 0.15) is 11.1 Å². The first-order valence-electron chi connectivity index (χ1n) is 13.8. The predicted octanol–water partition coefficient (Wildman–Crippen LogP) is 7.83. The zero-order valence-electron chi connectivity index (χ0n) is 24.0. The number of hydrogen-bond donors (Lipinski definition) is 0. The van der Waals surface area contributed by atoms with Gasteiger partial charge in [-0.15, -0.1) is 0 Å². The average Bonchev–Trinajstić information content (AvgIpc) is 3.56. The van der Waals surface area contributed by atoms with Crippen LogP contribution in [0.5, 0.6) is 23.0 Å². The number of ether oxygens (including phenoxy) is 2. The van der Waals surface area contributed by atoms with Crippen LogP contribution in [-0.2, 0) is 31.5 Å². The first kappa shape index (κ1) is 31.8. The molecule has 0 saturated carbocycles. The van der Waals surface area contributed by atoms with E-state index in [1.54, 1.807) is 24.3 Å². The second-order valence-corrected chi connectivity index (χ2v) is 10.3. The number of nitrogens with zero attached hydrogens (tertiary/aromatic N) is 2. The third kappa shape index (κ3) is 6.27. The van der Waals surface area contributed by atoms with Gasteiger partial charge in [0.15, 0.2) is 0 Å². The average molecular weight is 665 g/mol. The van der Waals surface area contributed by atoms with Crippen molar-refractivity contribution in [1.82, 2.24) is 0 Å². The van der Waals surface area contributed by atoms with Crippen molar-refractivity contribution in [3.8, 4) is 34.1 Å². The van der Waals surface area contributed by atoms with Crippen molar-refractivity contribution in [1.29, 1.82) is 0 Å². The molecular weight excluding hydrogens is 646 g/mol. The Kier molecular flexibility index (Phi) is 7.87. The monoisotopic (exact) mass is 664 g/mol. The minimum Gasteiger partial charge on any atom is -0.457 e. The van der Waals surface area contributed by atoms with Crippen molar-refractivity contribution >= 4 is 35.0 Å². The molecule has 14 heteroatoms. The number of hydrogen-bond acceptors (Lipinski definition) is 6. The lowest BCUT2D eigenvalue weighted by molar-refractivity contribution is -0.139. The summed E-state index contributed by atoms with van der Waals surface area (Å²) in [5.74, 6) is -4.13. The summed E-state index contributed by atoms with van der Waals surface area (Å²) in [6.07, 6.45) is -5.94. The number of carbonyl (C=O) groups excluding carboxylic acids is 4. The number of rotatable bonds is 7. The fraction of sp³-hybridized carbons (Fsp3) is 0.0588. The highest BCUT2D eigenvalue weighted by molar-refractivity contribution is 6.28. The molecule has 6 rings (SSSR count). The third-order valence-corrected chi connectivity index (χ3v) is 7.17. The molecule has 0 fully saturated rings. The summed E-state index contributed by atoms with van der Waals surface area (Å²) in [5.41, 5.74) is -1.76. The van der Waals surface area contributed by atoms with E-state index in [1.165, 1.54) is 24.3 Å². The van der Waals surface area contributed by atoms with Crippen LogP contribution in [-0.4, -0.2) is 23.6 Å². The highest BCUT2D eigenvalue weighted by atomic mass is 19.4. The molecule has 0 radical (unpaired) electrons. The molecule has 0 spiro atoms. The molecule has 2 heterocycles. The Morgan fingerprint density at radius 3 is 1.04 bits per heavy atom. The number of carbonyl (C=O) groups is 4. The maximum absolute atomic E-state index is 13.9. The Morgan fingerprint density at radius 2 is 0.750 bits per heavy atom. The molecule has 0 saturated heterocycles. The van der Waals surface area contributed by atoms with E-state index in [9.17, 15) is 45.5 Å². The van der Waals surface area contributed by atoms with Gasteiger partial charge in [-0.2, -0.15) is 26.3 Å². The molecule has 0 unspecified atom stereocenters. The van der Waals surface area contributed by atoms with Crippen molar-refractivity contribution in [2.24, 2.45) is 0 Å². The molecule has 0 atom stereocenters. The minimum absolute atomic E-state index is 0.0446. The van der Waals surface area contributed by atoms with E-state index in [0.29, 0.717) is 33.1 Å². The molecule has 0 bridgehead atoms. The Bertz CT molecular complexity index is 1850. The van der Waals surface area contributed by atoms with Crippen molar-refractivity contribution in [3.05, 3.63) is 120 Å². The normalized spacial score (nSPS) is 14.8. The lowest BCUT2D eigenvalue weighted by Gasteiger charge is -2.19. The number of anilines is 2. The lowest BCUT2D eigenvalue weighted by atomic mass is 10.1. The largest absolute Gasteiger partial charge is 0.457 e. The van der Waals surface area contributed by atoms with Gasteiger partial charge >= 0.3 is 12.4 Å². The third-order valence-electron chi connectivity index (χ3n) is 7.17. The van der Waals surface area contributed by atoms with Gasteiger partial charge in [0.2, 0.25) is 0 Å². The number of halogens is 6. The van der Waals surface area contributed by atoms with Crippen LogP contribution < -0.4 is 19.3 Å². The molecule has 2 aliphatic heterocycles. The fourth-order valence-corrected chi connectivity index (χ4v) is 4.93. The number of imide groups is 2. The summed E-state index contributed by atoms with van der Waals surface area (Å²) in [6.45, 7) is 0. The van der Waals surface area contributed by atoms with Crippen molar-refractivity contribution in [3.63, 3.8) is 0 Å². The van der Waals surface area contributed by atoms with E-state index in [1.807, 2.05) is 0 Å². The maximum atomic E-state index is 13.9. The summed E-state index contributed by atoms with van der Waals surface area (Å²) in [7, 11) is 0. The Hall–Kier alpha value is -6.18. The highest BCUT2D eigenvalue weighted by Crippen LogP contribution is 2.42. The van der Waals surface area contributed by atoms with Crippen molar-refractivity contribution < 1.29 is 55.0 Å². The Balaban J connectivity index is 1.18. The van der Waals surface area contributed by atoms with Crippen molar-refractivity contribution in [2.45, 2.75) is 12.4 Å². The van der Waals surface area contributed by atoms with Crippen LogP contribution in [0.15, 0.2) is 109 Å². The number of benzene rings is 4. The lowest BCUT2D eigenvalue weighted by Crippen LogP contribution is -2.29. The molecule has 242 valence electrons. The van der Waals surface area contributed by atoms with Gasteiger partial charge in [0, 0.05) is 24.3 Å². The van der Waals surface area contributed by atoms with Gasteiger partial charge in [-0.05, 0) is 71.8 Å². The summed E-state index contributed by atoms with van der Waals surface area (Å²) >= 11 is 0. The molecule has 0 aromatic heterocycles. The predicted molar refractivity (Wildman–Crippen MR) is 158 cm³/mol. The summed E-state index contributed by atoms with van der Waals surface area (Å²) in [4.78, 5) is 48.9. The molecule has 2 aliphatic rings. The Morgan fingerprint density at radius 1 is 0.438 bits per heavy atom. The van der Waals surface area contributed by atoms with E-state index in [4.69, 9.17) is 9.47 Å². The quantitative estimate of drug-likeness (QED) is 0.148. The summed E-state index contributed by atoms with van der Waals surface area (Å²) < 4.78 is 94.3. The van der Waals surface area contributed by atoms with E-state index < -0.39 is 58.6 Å². The van der Waals surface area contributed by atoms with Gasteiger partial charge in [-0.25, -0.2) is 9.80 Å². The SMILES string of the molecule is O=C1C=CC(=O)N1c1ccc(Oc2ccc(-c3ccc(Oc4ccc(N5C(=O)C=CC5=O)cc4C(F)(F)F)cc3)cc2)c(C(F)(F)F)c1. The standard InChI is InChI=1S/C34H18F6N2O6/c35-33(36,37)25-17-21(41-29(43)13-14-30(41)44)5-11-27(25)47-23-7-1-19(2-8-23)20-3-9-24(10-4-20)48-28-12-6-22(18-26(28)34(38,39)40)42-31(45)15-16-32(42)46/h1-18H. The zero-order chi connectivity index (χ0) is 34.4. The molecule has 4 aromatic carbocycles. The summed E-state index contributed by atoms with van der Waals surface area (Å²) in [5, 5.41) is 0. The van der Waals surface area contributed by atoms with E-state index in [0.717, 1.165) is 48.6 Å². The van der Waals surface area contributed by atoms with E-state index in [-0.39, 0.29) is 22.9 Å². The van der Waals surface area contributed by atoms with Crippen LogP contribution in [0.25, 0.3) is 11.1 Å². The molecule has 4 amide bonds. The van der Waals surface area contributed by atoms with Gasteiger partial charge in [0.05, 0.1) is 11.4 Å². The van der Waals surface area contributed by atoms with Gasteiger partial charge in [-0.1, -0.05) is 24.3 Å². The second-order valence-electron chi connectivity index (χ2n) is 10.3. The highest BCUT2D eigenvalue weighted by Gasteiger charge is 2.38. The molecule has 0 aliphatic carbocycles. The maximum Gasteiger partial charge on any atom is 0.420 e. The smallest absolute Gasteiger partial charge is 0.420 e. The first-order chi connectivity index (χ1) is 22.7. The van der Waals surface area contributed by atoms with E-state index >= 15 is 0 Å². The topological polar surface area (TPSA) is 93.2 Å². The van der Waals surface area contributed by atoms with E-state index in [2.05, 4.69) is 0 Å². The number of amides is 4. The molecular formula is C34H18F6N2O6. The van der Waals surface area contributed by atoms with Crippen LogP contribution in [0.4, 0.5) is 37.7 Å². The molecule has 48 heavy (non-hydrogen) atoms. The summed E-state index contributed by atoms with van der Waals surface area (Å²) in [6, 6.07) is 17.5.